The zero-order valence-electron chi connectivity index (χ0n) is 13.6. The number of piperidine rings is 1. The van der Waals surface area contributed by atoms with Crippen LogP contribution in [-0.2, 0) is 9.47 Å². The summed E-state index contributed by atoms with van der Waals surface area (Å²) < 4.78 is 11.5. The fraction of sp³-hybridized carbons (Fsp3) is 0.938. The molecule has 116 valence electrons. The van der Waals surface area contributed by atoms with Gasteiger partial charge < -0.3 is 14.4 Å². The first-order valence-electron chi connectivity index (χ1n) is 7.84. The monoisotopic (exact) mass is 283 g/mol. The van der Waals surface area contributed by atoms with Crippen LogP contribution in [0.3, 0.4) is 0 Å². The van der Waals surface area contributed by atoms with E-state index in [1.807, 2.05) is 11.8 Å². The summed E-state index contributed by atoms with van der Waals surface area (Å²) >= 11 is 0. The molecule has 0 bridgehead atoms. The minimum atomic E-state index is -0.170. The standard InChI is InChI=1S/C16H29NO3/c1-12(19-15(2,3)4)13-6-10-17(11-7-13)14(18)20-16(5)8-9-16/h12-13H,6-11H2,1-5H3. The molecule has 1 atom stereocenters. The van der Waals surface area contributed by atoms with Gasteiger partial charge in [0.25, 0.3) is 0 Å². The Labute approximate surface area is 122 Å². The van der Waals surface area contributed by atoms with Gasteiger partial charge in [-0.2, -0.15) is 0 Å². The van der Waals surface area contributed by atoms with Gasteiger partial charge in [-0.25, -0.2) is 4.79 Å². The van der Waals surface area contributed by atoms with Crippen LogP contribution in [0.5, 0.6) is 0 Å². The Balaban J connectivity index is 1.75. The third kappa shape index (κ3) is 4.37. The molecule has 1 amide bonds. The third-order valence-electron chi connectivity index (χ3n) is 4.29. The molecule has 0 spiro atoms. The second-order valence-corrected chi connectivity index (χ2v) is 7.58. The molecule has 4 heteroatoms. The van der Waals surface area contributed by atoms with Gasteiger partial charge in [0.2, 0.25) is 0 Å². The minimum absolute atomic E-state index is 0.101. The molecule has 0 aromatic heterocycles. The predicted molar refractivity (Wildman–Crippen MR) is 78.7 cm³/mol. The molecule has 1 heterocycles. The molecular weight excluding hydrogens is 254 g/mol. The van der Waals surface area contributed by atoms with Crippen molar-refractivity contribution in [1.82, 2.24) is 4.90 Å². The summed E-state index contributed by atoms with van der Waals surface area (Å²) in [4.78, 5) is 13.9. The molecule has 20 heavy (non-hydrogen) atoms. The maximum absolute atomic E-state index is 12.0. The molecule has 1 aliphatic heterocycles. The van der Waals surface area contributed by atoms with Crippen molar-refractivity contribution >= 4 is 6.09 Å². The lowest BCUT2D eigenvalue weighted by molar-refractivity contribution is -0.0853. The van der Waals surface area contributed by atoms with Crippen LogP contribution in [0.1, 0.15) is 60.3 Å². The Hall–Kier alpha value is -0.770. The largest absolute Gasteiger partial charge is 0.443 e. The lowest BCUT2D eigenvalue weighted by Gasteiger charge is -2.37. The Kier molecular flexibility index (Phi) is 4.33. The molecule has 2 aliphatic rings. The molecule has 1 saturated carbocycles. The zero-order chi connectivity index (χ0) is 15.0. The van der Waals surface area contributed by atoms with Crippen LogP contribution in [0.15, 0.2) is 0 Å². The Morgan fingerprint density at radius 2 is 1.80 bits per heavy atom. The number of ether oxygens (including phenoxy) is 2. The summed E-state index contributed by atoms with van der Waals surface area (Å²) in [6.07, 6.45) is 4.13. The van der Waals surface area contributed by atoms with Crippen molar-refractivity contribution in [3.63, 3.8) is 0 Å². The number of nitrogens with zero attached hydrogens (tertiary/aromatic N) is 1. The topological polar surface area (TPSA) is 38.8 Å². The summed E-state index contributed by atoms with van der Waals surface area (Å²) in [6, 6.07) is 0. The maximum atomic E-state index is 12.0. The molecule has 1 saturated heterocycles. The number of rotatable bonds is 3. The van der Waals surface area contributed by atoms with Gasteiger partial charge in [0.15, 0.2) is 0 Å². The summed E-state index contributed by atoms with van der Waals surface area (Å²) in [5.74, 6) is 0.537. The van der Waals surface area contributed by atoms with Gasteiger partial charge in [0, 0.05) is 13.1 Å². The highest BCUT2D eigenvalue weighted by Gasteiger charge is 2.43. The lowest BCUT2D eigenvalue weighted by atomic mass is 9.91. The van der Waals surface area contributed by atoms with E-state index in [0.717, 1.165) is 38.8 Å². The number of hydrogen-bond acceptors (Lipinski definition) is 3. The molecule has 2 rings (SSSR count). The number of likely N-dealkylation sites (tertiary alicyclic amines) is 1. The number of carbonyl (C=O) groups is 1. The van der Waals surface area contributed by atoms with Crippen LogP contribution in [0.4, 0.5) is 4.79 Å². The minimum Gasteiger partial charge on any atom is -0.443 e. The highest BCUT2D eigenvalue weighted by Crippen LogP contribution is 2.39. The molecular formula is C16H29NO3. The van der Waals surface area contributed by atoms with E-state index in [2.05, 4.69) is 27.7 Å². The first-order valence-corrected chi connectivity index (χ1v) is 7.84. The van der Waals surface area contributed by atoms with E-state index >= 15 is 0 Å². The Morgan fingerprint density at radius 3 is 2.25 bits per heavy atom. The highest BCUT2D eigenvalue weighted by atomic mass is 16.6. The molecule has 4 nitrogen and oxygen atoms in total. The van der Waals surface area contributed by atoms with E-state index in [1.54, 1.807) is 0 Å². The van der Waals surface area contributed by atoms with Crippen LogP contribution >= 0.6 is 0 Å². The van der Waals surface area contributed by atoms with Crippen molar-refractivity contribution < 1.29 is 14.3 Å². The first kappa shape index (κ1) is 15.6. The van der Waals surface area contributed by atoms with Crippen LogP contribution in [-0.4, -0.2) is 41.4 Å². The third-order valence-corrected chi connectivity index (χ3v) is 4.29. The molecule has 0 radical (unpaired) electrons. The molecule has 1 aliphatic carbocycles. The molecule has 0 aromatic carbocycles. The molecule has 0 N–H and O–H groups in total. The van der Waals surface area contributed by atoms with Crippen molar-refractivity contribution in [2.75, 3.05) is 13.1 Å². The molecule has 1 unspecified atom stereocenters. The van der Waals surface area contributed by atoms with Crippen LogP contribution < -0.4 is 0 Å². The van der Waals surface area contributed by atoms with Gasteiger partial charge in [-0.05, 0) is 66.2 Å². The van der Waals surface area contributed by atoms with Gasteiger partial charge in [0.05, 0.1) is 11.7 Å². The summed E-state index contributed by atoms with van der Waals surface area (Å²) in [5, 5.41) is 0. The van der Waals surface area contributed by atoms with Gasteiger partial charge in [0.1, 0.15) is 5.60 Å². The van der Waals surface area contributed by atoms with Gasteiger partial charge in [-0.1, -0.05) is 0 Å². The molecule has 2 fully saturated rings. The van der Waals surface area contributed by atoms with Crippen molar-refractivity contribution in [3.05, 3.63) is 0 Å². The van der Waals surface area contributed by atoms with Gasteiger partial charge in [-0.15, -0.1) is 0 Å². The van der Waals surface area contributed by atoms with Crippen molar-refractivity contribution in [2.45, 2.75) is 77.6 Å². The van der Waals surface area contributed by atoms with E-state index in [-0.39, 0.29) is 23.4 Å². The van der Waals surface area contributed by atoms with E-state index in [1.165, 1.54) is 0 Å². The Bertz CT molecular complexity index is 349. The van der Waals surface area contributed by atoms with Crippen molar-refractivity contribution in [1.29, 1.82) is 0 Å². The second-order valence-electron chi connectivity index (χ2n) is 7.58. The SMILES string of the molecule is CC(OC(C)(C)C)C1CCN(C(=O)OC2(C)CC2)CC1. The number of hydrogen-bond donors (Lipinski definition) is 0. The average molecular weight is 283 g/mol. The Morgan fingerprint density at radius 1 is 1.25 bits per heavy atom. The van der Waals surface area contributed by atoms with Crippen LogP contribution in [0.25, 0.3) is 0 Å². The van der Waals surface area contributed by atoms with E-state index in [9.17, 15) is 4.79 Å². The lowest BCUT2D eigenvalue weighted by Crippen LogP contribution is -2.43. The maximum Gasteiger partial charge on any atom is 0.410 e. The summed E-state index contributed by atoms with van der Waals surface area (Å²) in [5.41, 5.74) is -0.271. The fourth-order valence-electron chi connectivity index (χ4n) is 2.76. The summed E-state index contributed by atoms with van der Waals surface area (Å²) in [6.45, 7) is 12.0. The van der Waals surface area contributed by atoms with Crippen LogP contribution in [0.2, 0.25) is 0 Å². The number of amides is 1. The average Bonchev–Trinajstić information content (AvgIpc) is 3.04. The number of carbonyl (C=O) groups excluding carboxylic acids is 1. The van der Waals surface area contributed by atoms with Gasteiger partial charge in [-0.3, -0.25) is 0 Å². The second kappa shape index (κ2) is 5.55. The smallest absolute Gasteiger partial charge is 0.410 e. The van der Waals surface area contributed by atoms with Crippen molar-refractivity contribution in [2.24, 2.45) is 5.92 Å². The van der Waals surface area contributed by atoms with E-state index in [4.69, 9.17) is 9.47 Å². The van der Waals surface area contributed by atoms with E-state index < -0.39 is 0 Å². The van der Waals surface area contributed by atoms with Crippen LogP contribution in [0, 0.1) is 5.92 Å². The normalized spacial score (nSPS) is 24.4. The first-order chi connectivity index (χ1) is 9.19. The zero-order valence-corrected chi connectivity index (χ0v) is 13.6. The van der Waals surface area contributed by atoms with Gasteiger partial charge >= 0.3 is 6.09 Å². The molecule has 0 aromatic rings. The highest BCUT2D eigenvalue weighted by molar-refractivity contribution is 5.68. The summed E-state index contributed by atoms with van der Waals surface area (Å²) in [7, 11) is 0. The quantitative estimate of drug-likeness (QED) is 0.794. The van der Waals surface area contributed by atoms with Crippen molar-refractivity contribution in [3.8, 4) is 0 Å². The fourth-order valence-corrected chi connectivity index (χ4v) is 2.76. The van der Waals surface area contributed by atoms with E-state index in [0.29, 0.717) is 5.92 Å². The predicted octanol–water partition coefficient (Wildman–Crippen LogP) is 3.59.